The smallest absolute Gasteiger partial charge is 0.247 e. The van der Waals surface area contributed by atoms with Crippen LogP contribution in [0.15, 0.2) is 91.1 Å². The number of nitrogens with one attached hydrogen (secondary N) is 3. The summed E-state index contributed by atoms with van der Waals surface area (Å²) < 4.78 is 0. The summed E-state index contributed by atoms with van der Waals surface area (Å²) in [7, 11) is 0. The highest BCUT2D eigenvalue weighted by atomic mass is 35.5. The number of benzene rings is 3. The van der Waals surface area contributed by atoms with Gasteiger partial charge in [0, 0.05) is 18.5 Å². The highest BCUT2D eigenvalue weighted by Crippen LogP contribution is 2.17. The van der Waals surface area contributed by atoms with Crippen molar-refractivity contribution in [2.45, 2.75) is 31.3 Å². The zero-order chi connectivity index (χ0) is 29.0. The van der Waals surface area contributed by atoms with Gasteiger partial charge in [-0.25, -0.2) is 0 Å². The number of hydrogen-bond acceptors (Lipinski definition) is 6. The number of rotatable bonds is 14. The molecule has 4 aromatic rings. The Labute approximate surface area is 301 Å². The van der Waals surface area contributed by atoms with Gasteiger partial charge in [-0.05, 0) is 54.7 Å². The number of amides is 2. The Morgan fingerprint density at radius 1 is 0.761 bits per heavy atom. The summed E-state index contributed by atoms with van der Waals surface area (Å²) in [6.07, 6.45) is 3.01. The number of para-hydroxylation sites is 1. The van der Waals surface area contributed by atoms with Crippen molar-refractivity contribution in [2.24, 2.45) is 17.2 Å². The van der Waals surface area contributed by atoms with Crippen molar-refractivity contribution in [2.75, 3.05) is 31.5 Å². The minimum Gasteiger partial charge on any atom is -1.00 e. The lowest BCUT2D eigenvalue weighted by atomic mass is 10.0. The molecule has 0 saturated heterocycles. The second-order valence-electron chi connectivity index (χ2n) is 10.2. The lowest BCUT2D eigenvalue weighted by Gasteiger charge is -2.21. The van der Waals surface area contributed by atoms with Crippen molar-refractivity contribution in [1.29, 1.82) is 0 Å². The van der Waals surface area contributed by atoms with E-state index in [2.05, 4.69) is 15.6 Å². The number of carbonyl (C=O) groups is 2. The van der Waals surface area contributed by atoms with Gasteiger partial charge in [-0.1, -0.05) is 60.7 Å². The van der Waals surface area contributed by atoms with Crippen LogP contribution in [0.3, 0.4) is 0 Å². The summed E-state index contributed by atoms with van der Waals surface area (Å²) >= 11 is 0. The molecule has 3 aromatic carbocycles. The Bertz CT molecular complexity index is 1430. The highest BCUT2D eigenvalue weighted by Gasteiger charge is 2.24. The number of hydrogen-bond donors (Lipinski definition) is 6. The Balaban J connectivity index is 0. The summed E-state index contributed by atoms with van der Waals surface area (Å²) in [6, 6.07) is 25.8. The molecular formula is C32H40Cl5N7O2-4. The van der Waals surface area contributed by atoms with Gasteiger partial charge in [0.05, 0.1) is 36.5 Å². The Morgan fingerprint density at radius 3 is 2.00 bits per heavy atom. The van der Waals surface area contributed by atoms with Crippen LogP contribution >= 0.6 is 0 Å². The normalized spacial score (nSPS) is 11.3. The van der Waals surface area contributed by atoms with Crippen molar-refractivity contribution in [3.8, 4) is 0 Å². The predicted molar refractivity (Wildman–Crippen MR) is 164 cm³/mol. The molecule has 1 aromatic heterocycles. The van der Waals surface area contributed by atoms with Crippen LogP contribution in [0, 0.1) is 0 Å². The number of fused-ring (bicyclic) bond motifs is 1. The van der Waals surface area contributed by atoms with E-state index < -0.39 is 12.1 Å². The van der Waals surface area contributed by atoms with Gasteiger partial charge in [-0.2, -0.15) is 0 Å². The van der Waals surface area contributed by atoms with Crippen LogP contribution in [-0.4, -0.2) is 55.1 Å². The molecule has 0 saturated carbocycles. The van der Waals surface area contributed by atoms with Crippen LogP contribution in [-0.2, 0) is 22.4 Å². The van der Waals surface area contributed by atoms with Gasteiger partial charge in [0.1, 0.15) is 11.7 Å². The molecule has 0 aliphatic carbocycles. The molecular weight excluding hydrogens is 692 g/mol. The maximum atomic E-state index is 13.4. The van der Waals surface area contributed by atoms with Crippen molar-refractivity contribution < 1.29 is 76.5 Å². The van der Waals surface area contributed by atoms with E-state index in [1.165, 1.54) is 4.90 Å². The molecule has 0 spiro atoms. The average molecular weight is 732 g/mol. The topological polar surface area (TPSA) is 154 Å². The fraction of sp³-hybridized carbons (Fsp3) is 0.281. The van der Waals surface area contributed by atoms with Crippen LogP contribution in [0.2, 0.25) is 0 Å². The zero-order valence-corrected chi connectivity index (χ0v) is 28.9. The molecule has 0 unspecified atom stereocenters. The largest absolute Gasteiger partial charge is 1.00 e. The van der Waals surface area contributed by atoms with Crippen molar-refractivity contribution in [1.82, 2.24) is 10.3 Å². The van der Waals surface area contributed by atoms with Gasteiger partial charge in [0.25, 0.3) is 0 Å². The van der Waals surface area contributed by atoms with Gasteiger partial charge < -0.3 is 94.8 Å². The molecule has 2 atom stereocenters. The molecule has 0 bridgehead atoms. The van der Waals surface area contributed by atoms with Crippen LogP contribution in [0.4, 0.5) is 11.4 Å². The molecule has 9 nitrogen and oxygen atoms in total. The zero-order valence-electron chi connectivity index (χ0n) is 25.2. The Morgan fingerprint density at radius 2 is 1.37 bits per heavy atom. The second-order valence-corrected chi connectivity index (χ2v) is 10.2. The third-order valence-electron chi connectivity index (χ3n) is 7.10. The molecule has 0 radical (unpaired) electrons. The van der Waals surface area contributed by atoms with E-state index >= 15 is 0 Å². The standard InChI is InChI=1S/C32H39N7O2.5ClH/c33-16-18-39(19-17-34)27-13-10-24(11-14-27)20-28(35)31(40)38-30(15-12-23-6-2-1-3-7-23)32(41)37-26-21-25-8-4-5-9-29(25)36-22-26;;;;;/h1-11,13-14,21-22,28,30H,12,15-20,33-35H2,(H,37,41)(H,38,40);5*1H/p-4/t28-,30-;;;;;/m0...../s1. The van der Waals surface area contributed by atoms with Crippen molar-refractivity contribution in [3.05, 3.63) is 102 Å². The third kappa shape index (κ3) is 13.6. The SMILES string of the molecule is NCC[NH+](CCN)c1ccc(C[C@H](N)C(=O)N[C@@H](CCc2ccccc2)C(=O)Nc2cnc3ccccc3c2)cc1.[Cl-].[Cl-].[Cl-].[Cl-].[Cl-]. The van der Waals surface area contributed by atoms with Gasteiger partial charge in [-0.15, -0.1) is 0 Å². The maximum Gasteiger partial charge on any atom is 0.247 e. The molecule has 14 heteroatoms. The van der Waals surface area contributed by atoms with Crippen LogP contribution in [0.1, 0.15) is 17.5 Å². The monoisotopic (exact) mass is 729 g/mol. The Kier molecular flexibility index (Phi) is 23.3. The fourth-order valence-electron chi connectivity index (χ4n) is 4.86. The predicted octanol–water partition coefficient (Wildman–Crippen LogP) is -13.7. The van der Waals surface area contributed by atoms with Crippen LogP contribution < -0.4 is 94.8 Å². The molecule has 46 heavy (non-hydrogen) atoms. The minimum atomic E-state index is -0.813. The number of nitrogens with two attached hydrogens (primary N) is 3. The van der Waals surface area contributed by atoms with E-state index in [-0.39, 0.29) is 73.8 Å². The summed E-state index contributed by atoms with van der Waals surface area (Å²) in [5.41, 5.74) is 22.3. The van der Waals surface area contributed by atoms with Gasteiger partial charge in [0.2, 0.25) is 11.8 Å². The minimum absolute atomic E-state index is 0. The van der Waals surface area contributed by atoms with Gasteiger partial charge in [-0.3, -0.25) is 14.6 Å². The van der Waals surface area contributed by atoms with Crippen molar-refractivity contribution >= 4 is 34.1 Å². The number of carbonyl (C=O) groups excluding carboxylic acids is 2. The van der Waals surface area contributed by atoms with E-state index in [1.54, 1.807) is 6.20 Å². The third-order valence-corrected chi connectivity index (χ3v) is 7.10. The molecule has 0 aliphatic rings. The molecule has 1 heterocycles. The summed E-state index contributed by atoms with van der Waals surface area (Å²) in [5.74, 6) is -0.691. The second kappa shape index (κ2) is 23.6. The number of anilines is 1. The number of aryl methyl sites for hydroxylation is 1. The first-order valence-electron chi connectivity index (χ1n) is 14.1. The van der Waals surface area contributed by atoms with Crippen molar-refractivity contribution in [3.63, 3.8) is 0 Å². The number of aromatic nitrogens is 1. The van der Waals surface area contributed by atoms with Crippen LogP contribution in [0.5, 0.6) is 0 Å². The molecule has 0 aliphatic heterocycles. The number of pyridine rings is 1. The van der Waals surface area contributed by atoms with Crippen LogP contribution in [0.25, 0.3) is 10.9 Å². The lowest BCUT2D eigenvalue weighted by Crippen LogP contribution is -3.08. The first kappa shape index (κ1) is 45.4. The summed E-state index contributed by atoms with van der Waals surface area (Å²) in [4.78, 5) is 32.2. The van der Waals surface area contributed by atoms with Gasteiger partial charge in [0.15, 0.2) is 0 Å². The number of nitrogens with zero attached hydrogens (tertiary/aromatic N) is 1. The first-order chi connectivity index (χ1) is 20.0. The highest BCUT2D eigenvalue weighted by molar-refractivity contribution is 5.99. The fourth-order valence-corrected chi connectivity index (χ4v) is 4.86. The Hall–Kier alpha value is -2.70. The molecule has 2 amide bonds. The van der Waals surface area contributed by atoms with E-state index in [0.29, 0.717) is 38.0 Å². The quantitative estimate of drug-likeness (QED) is 0.0759. The van der Waals surface area contributed by atoms with E-state index in [4.69, 9.17) is 17.2 Å². The van der Waals surface area contributed by atoms with E-state index in [9.17, 15) is 9.59 Å². The number of halogens is 5. The lowest BCUT2D eigenvalue weighted by molar-refractivity contribution is -0.829. The molecule has 0 fully saturated rings. The molecule has 4 rings (SSSR count). The summed E-state index contributed by atoms with van der Waals surface area (Å²) in [5, 5.41) is 6.74. The first-order valence-corrected chi connectivity index (χ1v) is 14.1. The maximum absolute atomic E-state index is 13.4. The molecule has 254 valence electrons. The van der Waals surface area contributed by atoms with E-state index in [0.717, 1.165) is 40.8 Å². The summed E-state index contributed by atoms with van der Waals surface area (Å²) in [6.45, 7) is 2.72. The van der Waals surface area contributed by atoms with Gasteiger partial charge >= 0.3 is 0 Å². The molecule has 9 N–H and O–H groups in total. The van der Waals surface area contributed by atoms with E-state index in [1.807, 2.05) is 84.9 Å². The average Bonchev–Trinajstić information content (AvgIpc) is 2.99. The number of quaternary nitrogens is 1.